The van der Waals surface area contributed by atoms with Gasteiger partial charge >= 0.3 is 0 Å². The van der Waals surface area contributed by atoms with Crippen LogP contribution in [0.1, 0.15) is 5.69 Å². The Balaban J connectivity index is 1.40. The lowest BCUT2D eigenvalue weighted by molar-refractivity contribution is 0.247. The van der Waals surface area contributed by atoms with Gasteiger partial charge in [0.25, 0.3) is 0 Å². The van der Waals surface area contributed by atoms with E-state index in [-0.39, 0.29) is 0 Å². The van der Waals surface area contributed by atoms with Gasteiger partial charge in [-0.05, 0) is 36.4 Å². The smallest absolute Gasteiger partial charge is 0.170 e. The van der Waals surface area contributed by atoms with Gasteiger partial charge in [-0.15, -0.1) is 11.3 Å². The van der Waals surface area contributed by atoms with Crippen LogP contribution in [0.4, 0.5) is 5.69 Å². The van der Waals surface area contributed by atoms with Crippen molar-refractivity contribution in [3.05, 3.63) is 53.5 Å². The number of ether oxygens (including phenoxy) is 2. The molecule has 1 aliphatic heterocycles. The standard InChI is InChI=1S/C22H25N3O3S/c1-27-20-5-3-4-19(21(20)28-2)22-23-16(15-29-22)14-24-10-12-25(13-11-24)17-6-8-18(26)9-7-17/h3-9,15,26H,10-14H2,1-2H3. The van der Waals surface area contributed by atoms with Crippen molar-refractivity contribution in [3.63, 3.8) is 0 Å². The second kappa shape index (κ2) is 8.71. The molecule has 1 saturated heterocycles. The van der Waals surface area contributed by atoms with E-state index in [1.807, 2.05) is 30.3 Å². The third-order valence-electron chi connectivity index (χ3n) is 5.16. The molecule has 0 bridgehead atoms. The van der Waals surface area contributed by atoms with Gasteiger partial charge < -0.3 is 19.5 Å². The van der Waals surface area contributed by atoms with Crippen LogP contribution in [-0.4, -0.2) is 55.4 Å². The van der Waals surface area contributed by atoms with Gasteiger partial charge in [0, 0.05) is 43.8 Å². The second-order valence-electron chi connectivity index (χ2n) is 6.96. The molecule has 0 amide bonds. The first-order valence-electron chi connectivity index (χ1n) is 9.60. The average Bonchev–Trinajstić information content (AvgIpc) is 3.22. The van der Waals surface area contributed by atoms with Crippen molar-refractivity contribution >= 4 is 17.0 Å². The zero-order valence-corrected chi connectivity index (χ0v) is 17.5. The van der Waals surface area contributed by atoms with Crippen LogP contribution < -0.4 is 14.4 Å². The summed E-state index contributed by atoms with van der Waals surface area (Å²) in [6, 6.07) is 13.3. The molecule has 0 aliphatic carbocycles. The van der Waals surface area contributed by atoms with Gasteiger partial charge in [0.05, 0.1) is 25.5 Å². The van der Waals surface area contributed by atoms with Gasteiger partial charge in [0.1, 0.15) is 10.8 Å². The number of piperazine rings is 1. The normalized spacial score (nSPS) is 14.8. The van der Waals surface area contributed by atoms with Gasteiger partial charge in [-0.3, -0.25) is 4.90 Å². The molecule has 152 valence electrons. The third kappa shape index (κ3) is 4.31. The highest BCUT2D eigenvalue weighted by molar-refractivity contribution is 7.13. The molecule has 0 radical (unpaired) electrons. The van der Waals surface area contributed by atoms with E-state index >= 15 is 0 Å². The molecule has 0 saturated carbocycles. The van der Waals surface area contributed by atoms with E-state index in [9.17, 15) is 5.11 Å². The van der Waals surface area contributed by atoms with Crippen LogP contribution in [0.5, 0.6) is 17.2 Å². The maximum atomic E-state index is 9.46. The first kappa shape index (κ1) is 19.5. The first-order chi connectivity index (χ1) is 14.2. The number of aromatic nitrogens is 1. The van der Waals surface area contributed by atoms with Crippen molar-refractivity contribution in [3.8, 4) is 27.8 Å². The Morgan fingerprint density at radius 3 is 2.45 bits per heavy atom. The third-order valence-corrected chi connectivity index (χ3v) is 6.08. The van der Waals surface area contributed by atoms with Gasteiger partial charge in [-0.2, -0.15) is 0 Å². The minimum absolute atomic E-state index is 0.305. The summed E-state index contributed by atoms with van der Waals surface area (Å²) in [6.07, 6.45) is 0. The highest BCUT2D eigenvalue weighted by atomic mass is 32.1. The second-order valence-corrected chi connectivity index (χ2v) is 7.82. The molecule has 0 spiro atoms. The number of methoxy groups -OCH3 is 2. The summed E-state index contributed by atoms with van der Waals surface area (Å²) in [6.45, 7) is 4.73. The highest BCUT2D eigenvalue weighted by Crippen LogP contribution is 2.39. The number of aromatic hydroxyl groups is 1. The molecule has 4 rings (SSSR count). The molecule has 7 heteroatoms. The minimum atomic E-state index is 0.305. The Labute approximate surface area is 174 Å². The molecule has 2 aromatic carbocycles. The van der Waals surface area contributed by atoms with Crippen LogP contribution >= 0.6 is 11.3 Å². The van der Waals surface area contributed by atoms with Crippen LogP contribution in [-0.2, 0) is 6.54 Å². The van der Waals surface area contributed by atoms with Crippen molar-refractivity contribution in [2.24, 2.45) is 0 Å². The lowest BCUT2D eigenvalue weighted by Crippen LogP contribution is -2.46. The summed E-state index contributed by atoms with van der Waals surface area (Å²) >= 11 is 1.63. The number of thiazole rings is 1. The maximum Gasteiger partial charge on any atom is 0.170 e. The summed E-state index contributed by atoms with van der Waals surface area (Å²) in [5, 5.41) is 12.5. The van der Waals surface area contributed by atoms with E-state index in [4.69, 9.17) is 14.5 Å². The maximum absolute atomic E-state index is 9.46. The number of para-hydroxylation sites is 1. The number of anilines is 1. The van der Waals surface area contributed by atoms with Crippen molar-refractivity contribution in [1.82, 2.24) is 9.88 Å². The molecule has 0 unspecified atom stereocenters. The van der Waals surface area contributed by atoms with Crippen molar-refractivity contribution in [2.45, 2.75) is 6.54 Å². The number of phenols is 1. The zero-order valence-electron chi connectivity index (χ0n) is 16.7. The lowest BCUT2D eigenvalue weighted by atomic mass is 10.2. The van der Waals surface area contributed by atoms with E-state index in [1.165, 1.54) is 0 Å². The minimum Gasteiger partial charge on any atom is -0.508 e. The van der Waals surface area contributed by atoms with Crippen LogP contribution in [0, 0.1) is 0 Å². The van der Waals surface area contributed by atoms with E-state index in [0.717, 1.165) is 60.4 Å². The number of rotatable bonds is 6. The zero-order chi connectivity index (χ0) is 20.2. The van der Waals surface area contributed by atoms with Crippen molar-refractivity contribution < 1.29 is 14.6 Å². The SMILES string of the molecule is COc1cccc(-c2nc(CN3CCN(c4ccc(O)cc4)CC3)cs2)c1OC. The quantitative estimate of drug-likeness (QED) is 0.665. The molecule has 3 aromatic rings. The highest BCUT2D eigenvalue weighted by Gasteiger charge is 2.19. The Morgan fingerprint density at radius 2 is 1.76 bits per heavy atom. The average molecular weight is 412 g/mol. The number of hydrogen-bond donors (Lipinski definition) is 1. The van der Waals surface area contributed by atoms with Crippen molar-refractivity contribution in [1.29, 1.82) is 0 Å². The van der Waals surface area contributed by atoms with E-state index < -0.39 is 0 Å². The predicted octanol–water partition coefficient (Wildman–Crippen LogP) is 3.86. The summed E-state index contributed by atoms with van der Waals surface area (Å²) in [7, 11) is 3.30. The fourth-order valence-electron chi connectivity index (χ4n) is 3.62. The lowest BCUT2D eigenvalue weighted by Gasteiger charge is -2.35. The number of hydrogen-bond acceptors (Lipinski definition) is 7. The molecule has 6 nitrogen and oxygen atoms in total. The predicted molar refractivity (Wildman–Crippen MR) is 116 cm³/mol. The Kier molecular flexibility index (Phi) is 5.87. The fourth-order valence-corrected chi connectivity index (χ4v) is 4.45. The Hall–Kier alpha value is -2.77. The summed E-state index contributed by atoms with van der Waals surface area (Å²) in [5.74, 6) is 1.74. The van der Waals surface area contributed by atoms with E-state index in [0.29, 0.717) is 11.5 Å². The Morgan fingerprint density at radius 1 is 1.00 bits per heavy atom. The fraction of sp³-hybridized carbons (Fsp3) is 0.318. The molecule has 0 atom stereocenters. The number of benzene rings is 2. The van der Waals surface area contributed by atoms with Crippen LogP contribution in [0.3, 0.4) is 0 Å². The molecule has 1 fully saturated rings. The summed E-state index contributed by atoms with van der Waals surface area (Å²) < 4.78 is 11.0. The molecule has 1 aliphatic rings. The molecular formula is C22H25N3O3S. The molecule has 29 heavy (non-hydrogen) atoms. The van der Waals surface area contributed by atoms with Gasteiger partial charge in [-0.1, -0.05) is 6.07 Å². The topological polar surface area (TPSA) is 58.1 Å². The largest absolute Gasteiger partial charge is 0.508 e. The first-order valence-corrected chi connectivity index (χ1v) is 10.5. The van der Waals surface area contributed by atoms with Gasteiger partial charge in [0.15, 0.2) is 11.5 Å². The monoisotopic (exact) mass is 411 g/mol. The number of nitrogens with zero attached hydrogens (tertiary/aromatic N) is 3. The van der Waals surface area contributed by atoms with Gasteiger partial charge in [0.2, 0.25) is 0 Å². The van der Waals surface area contributed by atoms with Crippen molar-refractivity contribution in [2.75, 3.05) is 45.3 Å². The van der Waals surface area contributed by atoms with E-state index in [1.54, 1.807) is 37.7 Å². The van der Waals surface area contributed by atoms with Crippen LogP contribution in [0.25, 0.3) is 10.6 Å². The van der Waals surface area contributed by atoms with E-state index in [2.05, 4.69) is 15.2 Å². The molecule has 2 heterocycles. The summed E-state index contributed by atoms with van der Waals surface area (Å²) in [4.78, 5) is 9.63. The van der Waals surface area contributed by atoms with Crippen LogP contribution in [0.15, 0.2) is 47.8 Å². The molecule has 1 N–H and O–H groups in total. The van der Waals surface area contributed by atoms with Crippen LogP contribution in [0.2, 0.25) is 0 Å². The summed E-state index contributed by atoms with van der Waals surface area (Å²) in [5.41, 5.74) is 3.19. The molecule has 1 aromatic heterocycles. The number of phenolic OH excluding ortho intramolecular Hbond substituents is 1. The Bertz CT molecular complexity index is 950. The molecular weight excluding hydrogens is 386 g/mol. The van der Waals surface area contributed by atoms with Gasteiger partial charge in [-0.25, -0.2) is 4.98 Å².